The highest BCUT2D eigenvalue weighted by molar-refractivity contribution is 5.59. The molecule has 1 aromatic rings. The van der Waals surface area contributed by atoms with Gasteiger partial charge in [0, 0.05) is 44.1 Å². The zero-order valence-corrected chi connectivity index (χ0v) is 12.0. The Morgan fingerprint density at radius 2 is 2.06 bits per heavy atom. The van der Waals surface area contributed by atoms with Gasteiger partial charge in [-0.15, -0.1) is 0 Å². The van der Waals surface area contributed by atoms with E-state index in [9.17, 15) is 0 Å². The van der Waals surface area contributed by atoms with E-state index in [1.165, 1.54) is 17.8 Å². The van der Waals surface area contributed by atoms with Crippen LogP contribution in [0.4, 0.5) is 11.4 Å². The standard InChI is InChI=1S/C15H25N3/c1-15(2)12-18(10-6-9-16-15)14-8-5-7-13(11-14)17(3)4/h5,7-8,11,16H,6,9-10,12H2,1-4H3. The first kappa shape index (κ1) is 13.2. The van der Waals surface area contributed by atoms with Gasteiger partial charge < -0.3 is 15.1 Å². The van der Waals surface area contributed by atoms with Crippen LogP contribution in [0.3, 0.4) is 0 Å². The molecule has 2 rings (SSSR count). The maximum absolute atomic E-state index is 3.61. The van der Waals surface area contributed by atoms with Gasteiger partial charge in [0.1, 0.15) is 0 Å². The van der Waals surface area contributed by atoms with Crippen LogP contribution in [-0.2, 0) is 0 Å². The van der Waals surface area contributed by atoms with Crippen molar-refractivity contribution in [3.05, 3.63) is 24.3 Å². The first-order valence-electron chi connectivity index (χ1n) is 6.75. The van der Waals surface area contributed by atoms with Crippen LogP contribution >= 0.6 is 0 Å². The fraction of sp³-hybridized carbons (Fsp3) is 0.600. The molecule has 0 spiro atoms. The van der Waals surface area contributed by atoms with E-state index in [1.54, 1.807) is 0 Å². The van der Waals surface area contributed by atoms with Crippen molar-refractivity contribution in [2.45, 2.75) is 25.8 Å². The molecule has 1 heterocycles. The van der Waals surface area contributed by atoms with Crippen LogP contribution in [0, 0.1) is 0 Å². The molecule has 1 aliphatic rings. The van der Waals surface area contributed by atoms with E-state index < -0.39 is 0 Å². The topological polar surface area (TPSA) is 18.5 Å². The lowest BCUT2D eigenvalue weighted by atomic mass is 10.1. The fourth-order valence-corrected chi connectivity index (χ4v) is 2.50. The Labute approximate surface area is 111 Å². The summed E-state index contributed by atoms with van der Waals surface area (Å²) in [6.07, 6.45) is 1.20. The smallest absolute Gasteiger partial charge is 0.0387 e. The minimum atomic E-state index is 0.185. The molecule has 0 bridgehead atoms. The predicted molar refractivity (Wildman–Crippen MR) is 79.7 cm³/mol. The number of nitrogens with one attached hydrogen (secondary N) is 1. The van der Waals surface area contributed by atoms with Crippen LogP contribution in [-0.4, -0.2) is 39.3 Å². The molecule has 0 atom stereocenters. The molecule has 0 saturated carbocycles. The van der Waals surface area contributed by atoms with Crippen LogP contribution < -0.4 is 15.1 Å². The average Bonchev–Trinajstić information content (AvgIpc) is 2.50. The number of benzene rings is 1. The van der Waals surface area contributed by atoms with E-state index in [0.717, 1.165) is 19.6 Å². The maximum atomic E-state index is 3.61. The maximum Gasteiger partial charge on any atom is 0.0387 e. The van der Waals surface area contributed by atoms with Crippen molar-refractivity contribution in [2.75, 3.05) is 43.5 Å². The first-order chi connectivity index (χ1) is 8.48. The number of rotatable bonds is 2. The van der Waals surface area contributed by atoms with Crippen molar-refractivity contribution in [3.63, 3.8) is 0 Å². The number of hydrogen-bond donors (Lipinski definition) is 1. The van der Waals surface area contributed by atoms with Crippen LogP contribution in [0.15, 0.2) is 24.3 Å². The largest absolute Gasteiger partial charge is 0.378 e. The Bertz CT molecular complexity index is 398. The van der Waals surface area contributed by atoms with Gasteiger partial charge in [0.15, 0.2) is 0 Å². The molecule has 0 aromatic heterocycles. The first-order valence-corrected chi connectivity index (χ1v) is 6.75. The summed E-state index contributed by atoms with van der Waals surface area (Å²) in [5.74, 6) is 0. The molecule has 0 aliphatic carbocycles. The molecule has 1 aromatic carbocycles. The Morgan fingerprint density at radius 1 is 1.28 bits per heavy atom. The Morgan fingerprint density at radius 3 is 2.78 bits per heavy atom. The van der Waals surface area contributed by atoms with Crippen LogP contribution in [0.1, 0.15) is 20.3 Å². The van der Waals surface area contributed by atoms with E-state index in [4.69, 9.17) is 0 Å². The Hall–Kier alpha value is -1.22. The zero-order chi connectivity index (χ0) is 13.2. The second-order valence-electron chi connectivity index (χ2n) is 6.00. The monoisotopic (exact) mass is 247 g/mol. The minimum absolute atomic E-state index is 0.185. The summed E-state index contributed by atoms with van der Waals surface area (Å²) in [7, 11) is 4.18. The fourth-order valence-electron chi connectivity index (χ4n) is 2.50. The second kappa shape index (κ2) is 5.19. The summed E-state index contributed by atoms with van der Waals surface area (Å²) < 4.78 is 0. The van der Waals surface area contributed by atoms with E-state index in [1.807, 2.05) is 0 Å². The highest BCUT2D eigenvalue weighted by Gasteiger charge is 2.24. The van der Waals surface area contributed by atoms with Crippen molar-refractivity contribution in [1.82, 2.24) is 5.32 Å². The SMILES string of the molecule is CN(C)c1cccc(N2CCCNC(C)(C)C2)c1. The molecule has 0 amide bonds. The van der Waals surface area contributed by atoms with Gasteiger partial charge in [-0.3, -0.25) is 0 Å². The summed E-state index contributed by atoms with van der Waals surface area (Å²) >= 11 is 0. The number of hydrogen-bond acceptors (Lipinski definition) is 3. The summed E-state index contributed by atoms with van der Waals surface area (Å²) in [5, 5.41) is 3.61. The van der Waals surface area contributed by atoms with Gasteiger partial charge in [-0.1, -0.05) is 6.07 Å². The van der Waals surface area contributed by atoms with Crippen molar-refractivity contribution >= 4 is 11.4 Å². The van der Waals surface area contributed by atoms with Gasteiger partial charge in [0.25, 0.3) is 0 Å². The molecule has 1 saturated heterocycles. The van der Waals surface area contributed by atoms with E-state index in [2.05, 4.69) is 67.3 Å². The number of anilines is 2. The summed E-state index contributed by atoms with van der Waals surface area (Å²) in [5.41, 5.74) is 2.78. The van der Waals surface area contributed by atoms with Crippen molar-refractivity contribution in [2.24, 2.45) is 0 Å². The molecule has 1 fully saturated rings. The summed E-state index contributed by atoms with van der Waals surface area (Å²) in [4.78, 5) is 4.65. The quantitative estimate of drug-likeness (QED) is 0.865. The number of nitrogens with zero attached hydrogens (tertiary/aromatic N) is 2. The van der Waals surface area contributed by atoms with E-state index in [0.29, 0.717) is 0 Å². The lowest BCUT2D eigenvalue weighted by Gasteiger charge is -2.32. The van der Waals surface area contributed by atoms with E-state index in [-0.39, 0.29) is 5.54 Å². The van der Waals surface area contributed by atoms with Crippen molar-refractivity contribution in [1.29, 1.82) is 0 Å². The molecule has 0 radical (unpaired) electrons. The zero-order valence-electron chi connectivity index (χ0n) is 12.0. The van der Waals surface area contributed by atoms with Gasteiger partial charge in [-0.05, 0) is 45.0 Å². The molecule has 18 heavy (non-hydrogen) atoms. The summed E-state index contributed by atoms with van der Waals surface area (Å²) in [6, 6.07) is 8.80. The molecule has 100 valence electrons. The second-order valence-corrected chi connectivity index (χ2v) is 6.00. The van der Waals surface area contributed by atoms with E-state index >= 15 is 0 Å². The van der Waals surface area contributed by atoms with Crippen molar-refractivity contribution in [3.8, 4) is 0 Å². The minimum Gasteiger partial charge on any atom is -0.378 e. The van der Waals surface area contributed by atoms with Gasteiger partial charge in [0.2, 0.25) is 0 Å². The molecule has 3 heteroatoms. The molecular weight excluding hydrogens is 222 g/mol. The molecule has 0 unspecified atom stereocenters. The lowest BCUT2D eigenvalue weighted by Crippen LogP contribution is -2.46. The average molecular weight is 247 g/mol. The van der Waals surface area contributed by atoms with Gasteiger partial charge in [0.05, 0.1) is 0 Å². The van der Waals surface area contributed by atoms with Gasteiger partial charge in [-0.2, -0.15) is 0 Å². The third kappa shape index (κ3) is 3.16. The molecular formula is C15H25N3. The molecule has 1 N–H and O–H groups in total. The lowest BCUT2D eigenvalue weighted by molar-refractivity contribution is 0.416. The van der Waals surface area contributed by atoms with Crippen molar-refractivity contribution < 1.29 is 0 Å². The predicted octanol–water partition coefficient (Wildman–Crippen LogP) is 2.33. The Kier molecular flexibility index (Phi) is 3.81. The summed E-state index contributed by atoms with van der Waals surface area (Å²) in [6.45, 7) is 7.86. The molecule has 3 nitrogen and oxygen atoms in total. The van der Waals surface area contributed by atoms with Crippen LogP contribution in [0.2, 0.25) is 0 Å². The molecule has 1 aliphatic heterocycles. The van der Waals surface area contributed by atoms with Gasteiger partial charge >= 0.3 is 0 Å². The highest BCUT2D eigenvalue weighted by atomic mass is 15.2. The third-order valence-electron chi connectivity index (χ3n) is 3.51. The van der Waals surface area contributed by atoms with Gasteiger partial charge in [-0.25, -0.2) is 0 Å². The third-order valence-corrected chi connectivity index (χ3v) is 3.51. The highest BCUT2D eigenvalue weighted by Crippen LogP contribution is 2.24. The normalized spacial score (nSPS) is 19.4. The van der Waals surface area contributed by atoms with Crippen LogP contribution in [0.5, 0.6) is 0 Å². The van der Waals surface area contributed by atoms with Crippen LogP contribution in [0.25, 0.3) is 0 Å². The Balaban J connectivity index is 2.21.